The molecule has 1 aromatic heterocycles. The topological polar surface area (TPSA) is 105 Å². The fraction of sp³-hybridized carbons (Fsp3) is 0.500. The summed E-state index contributed by atoms with van der Waals surface area (Å²) in [4.78, 5) is 22.8. The number of ether oxygens (including phenoxy) is 1. The van der Waals surface area contributed by atoms with Gasteiger partial charge in [-0.2, -0.15) is 4.39 Å². The molecular weight excluding hydrogens is 307 g/mol. The summed E-state index contributed by atoms with van der Waals surface area (Å²) in [5.74, 6) is 3.77. The second kappa shape index (κ2) is 5.61. The number of aliphatic hydroxyl groups is 2. The molecule has 1 saturated heterocycles. The van der Waals surface area contributed by atoms with Crippen molar-refractivity contribution in [1.29, 1.82) is 0 Å². The van der Waals surface area contributed by atoms with Gasteiger partial charge in [0.15, 0.2) is 11.1 Å². The summed E-state index contributed by atoms with van der Waals surface area (Å²) in [5.41, 5.74) is -2.16. The summed E-state index contributed by atoms with van der Waals surface area (Å²) >= 11 is 6.23. The molecule has 1 fully saturated rings. The van der Waals surface area contributed by atoms with Crippen molar-refractivity contribution in [2.45, 2.75) is 30.2 Å². The predicted octanol–water partition coefficient (Wildman–Crippen LogP) is -1.07. The van der Waals surface area contributed by atoms with E-state index in [-0.39, 0.29) is 0 Å². The largest absolute Gasteiger partial charge is 0.394 e. The normalized spacial score (nSPS) is 31.8. The average Bonchev–Trinajstić information content (AvgIpc) is 2.67. The quantitative estimate of drug-likeness (QED) is 0.476. The molecule has 7 nitrogen and oxygen atoms in total. The molecule has 2 rings (SSSR count). The Labute approximate surface area is 122 Å². The van der Waals surface area contributed by atoms with Crippen LogP contribution in [0.1, 0.15) is 13.2 Å². The third-order valence-electron chi connectivity index (χ3n) is 3.12. The van der Waals surface area contributed by atoms with Crippen molar-refractivity contribution in [2.24, 2.45) is 0 Å². The fourth-order valence-corrected chi connectivity index (χ4v) is 2.52. The first-order valence-corrected chi connectivity index (χ1v) is 6.31. The number of aromatic amines is 1. The molecule has 0 bridgehead atoms. The zero-order chi connectivity index (χ0) is 15.8. The van der Waals surface area contributed by atoms with E-state index >= 15 is 0 Å². The zero-order valence-electron chi connectivity index (χ0n) is 10.8. The van der Waals surface area contributed by atoms with E-state index in [0.29, 0.717) is 10.8 Å². The highest BCUT2D eigenvalue weighted by atomic mass is 35.5. The molecule has 2 heterocycles. The van der Waals surface area contributed by atoms with Gasteiger partial charge in [-0.25, -0.2) is 4.79 Å². The van der Waals surface area contributed by atoms with Crippen LogP contribution in [0.15, 0.2) is 15.8 Å². The van der Waals surface area contributed by atoms with Crippen molar-refractivity contribution in [3.63, 3.8) is 0 Å². The maximum absolute atomic E-state index is 13.4. The lowest BCUT2D eigenvalue weighted by atomic mass is 9.99. The Kier molecular flexibility index (Phi) is 4.20. The number of nitrogens with one attached hydrogen (secondary N) is 1. The Morgan fingerprint density at radius 1 is 1.62 bits per heavy atom. The predicted molar refractivity (Wildman–Crippen MR) is 70.3 cm³/mol. The highest BCUT2D eigenvalue weighted by Crippen LogP contribution is 2.42. The van der Waals surface area contributed by atoms with Gasteiger partial charge in [-0.1, -0.05) is 17.5 Å². The van der Waals surface area contributed by atoms with Crippen molar-refractivity contribution < 1.29 is 19.3 Å². The molecular formula is C12H12ClFN2O5. The maximum Gasteiger partial charge on any atom is 0.330 e. The summed E-state index contributed by atoms with van der Waals surface area (Å²) in [7, 11) is 0. The molecule has 4 atom stereocenters. The van der Waals surface area contributed by atoms with E-state index in [1.54, 1.807) is 4.98 Å². The SMILES string of the molecule is CC#CC1(Cl)C(O)C(CO)OC1n1cc(F)c(=O)[nH]c1=O. The van der Waals surface area contributed by atoms with Gasteiger partial charge < -0.3 is 14.9 Å². The number of alkyl halides is 1. The van der Waals surface area contributed by atoms with Gasteiger partial charge in [0, 0.05) is 0 Å². The number of hydrogen-bond donors (Lipinski definition) is 3. The third kappa shape index (κ3) is 2.49. The van der Waals surface area contributed by atoms with Crippen LogP contribution in [0, 0.1) is 17.7 Å². The number of halogens is 2. The van der Waals surface area contributed by atoms with Gasteiger partial charge in [-0.3, -0.25) is 14.3 Å². The first-order chi connectivity index (χ1) is 9.85. The summed E-state index contributed by atoms with van der Waals surface area (Å²) in [6.07, 6.45) is -3.27. The molecule has 0 saturated carbocycles. The monoisotopic (exact) mass is 318 g/mol. The molecule has 21 heavy (non-hydrogen) atoms. The molecule has 0 spiro atoms. The second-order valence-corrected chi connectivity index (χ2v) is 5.07. The summed E-state index contributed by atoms with van der Waals surface area (Å²) in [6, 6.07) is 0. The van der Waals surface area contributed by atoms with Gasteiger partial charge >= 0.3 is 5.69 Å². The van der Waals surface area contributed by atoms with Crippen LogP contribution in [0.2, 0.25) is 0 Å². The molecule has 1 aromatic rings. The molecule has 4 unspecified atom stereocenters. The van der Waals surface area contributed by atoms with Crippen molar-refractivity contribution in [3.8, 4) is 11.8 Å². The molecule has 0 radical (unpaired) electrons. The van der Waals surface area contributed by atoms with E-state index in [1.807, 2.05) is 0 Å². The van der Waals surface area contributed by atoms with E-state index in [2.05, 4.69) is 11.8 Å². The van der Waals surface area contributed by atoms with Gasteiger partial charge in [0.1, 0.15) is 12.2 Å². The number of rotatable bonds is 2. The minimum absolute atomic E-state index is 0.571. The Morgan fingerprint density at radius 2 is 2.29 bits per heavy atom. The minimum atomic E-state index is -1.77. The lowest BCUT2D eigenvalue weighted by Crippen LogP contribution is -2.44. The van der Waals surface area contributed by atoms with Gasteiger partial charge in [0.2, 0.25) is 5.82 Å². The van der Waals surface area contributed by atoms with E-state index in [1.165, 1.54) is 6.92 Å². The van der Waals surface area contributed by atoms with Crippen LogP contribution in [0.25, 0.3) is 0 Å². The van der Waals surface area contributed by atoms with Crippen molar-refractivity contribution in [3.05, 3.63) is 32.9 Å². The summed E-state index contributed by atoms with van der Waals surface area (Å²) < 4.78 is 19.4. The maximum atomic E-state index is 13.4. The van der Waals surface area contributed by atoms with Crippen molar-refractivity contribution in [2.75, 3.05) is 6.61 Å². The Bertz CT molecular complexity index is 721. The first-order valence-electron chi connectivity index (χ1n) is 5.93. The minimum Gasteiger partial charge on any atom is -0.394 e. The smallest absolute Gasteiger partial charge is 0.330 e. The number of hydrogen-bond acceptors (Lipinski definition) is 5. The number of aliphatic hydroxyl groups excluding tert-OH is 2. The summed E-state index contributed by atoms with van der Waals surface area (Å²) in [6.45, 7) is 0.883. The van der Waals surface area contributed by atoms with Crippen LogP contribution >= 0.6 is 11.6 Å². The lowest BCUT2D eigenvalue weighted by Gasteiger charge is -2.25. The standard InChI is InChI=1S/C12H12ClFN2O5/c1-2-3-12(13)8(18)7(5-17)21-10(12)16-4-6(14)9(19)15-11(16)20/h4,7-8,10,17-18H,5H2,1H3,(H,15,19,20). The first kappa shape index (κ1) is 15.7. The number of nitrogens with zero attached hydrogens (tertiary/aromatic N) is 1. The van der Waals surface area contributed by atoms with Crippen molar-refractivity contribution in [1.82, 2.24) is 9.55 Å². The third-order valence-corrected chi connectivity index (χ3v) is 3.62. The van der Waals surface area contributed by atoms with Crippen LogP contribution < -0.4 is 11.2 Å². The fourth-order valence-electron chi connectivity index (χ4n) is 2.13. The molecule has 0 amide bonds. The Hall–Kier alpha value is -1.66. The summed E-state index contributed by atoms with van der Waals surface area (Å²) in [5, 5.41) is 19.2. The van der Waals surface area contributed by atoms with Crippen molar-refractivity contribution >= 4 is 11.6 Å². The highest BCUT2D eigenvalue weighted by Gasteiger charge is 2.55. The molecule has 9 heteroatoms. The average molecular weight is 319 g/mol. The van der Waals surface area contributed by atoms with Crippen LogP contribution in [0.3, 0.4) is 0 Å². The van der Waals surface area contributed by atoms with Crippen LogP contribution in [0.4, 0.5) is 4.39 Å². The molecule has 1 aliphatic rings. The van der Waals surface area contributed by atoms with Gasteiger partial charge in [0.05, 0.1) is 12.8 Å². The van der Waals surface area contributed by atoms with E-state index < -0.39 is 47.0 Å². The van der Waals surface area contributed by atoms with E-state index in [9.17, 15) is 19.1 Å². The highest BCUT2D eigenvalue weighted by molar-refractivity contribution is 6.27. The molecule has 0 aromatic carbocycles. The molecule has 1 aliphatic heterocycles. The van der Waals surface area contributed by atoms with Crippen LogP contribution in [0.5, 0.6) is 0 Å². The lowest BCUT2D eigenvalue weighted by molar-refractivity contribution is -0.0467. The van der Waals surface area contributed by atoms with Crippen LogP contribution in [-0.2, 0) is 4.74 Å². The Balaban J connectivity index is 2.60. The zero-order valence-corrected chi connectivity index (χ0v) is 11.6. The van der Waals surface area contributed by atoms with Gasteiger partial charge in [-0.05, 0) is 6.92 Å². The molecule has 114 valence electrons. The molecule has 3 N–H and O–H groups in total. The number of aromatic nitrogens is 2. The molecule has 0 aliphatic carbocycles. The van der Waals surface area contributed by atoms with E-state index in [4.69, 9.17) is 21.4 Å². The van der Waals surface area contributed by atoms with Gasteiger partial charge in [-0.15, -0.1) is 5.92 Å². The second-order valence-electron chi connectivity index (χ2n) is 4.44. The number of H-pyrrole nitrogens is 1. The van der Waals surface area contributed by atoms with Crippen LogP contribution in [-0.4, -0.2) is 43.5 Å². The Morgan fingerprint density at radius 3 is 2.86 bits per heavy atom. The van der Waals surface area contributed by atoms with Gasteiger partial charge in [0.25, 0.3) is 5.56 Å². The van der Waals surface area contributed by atoms with E-state index in [0.717, 1.165) is 0 Å².